The van der Waals surface area contributed by atoms with Crippen molar-refractivity contribution in [1.82, 2.24) is 9.21 Å². The lowest BCUT2D eigenvalue weighted by atomic mass is 10.2. The molecule has 0 radical (unpaired) electrons. The van der Waals surface area contributed by atoms with Crippen molar-refractivity contribution in [3.8, 4) is 5.75 Å². The summed E-state index contributed by atoms with van der Waals surface area (Å²) in [4.78, 5) is 14.9. The molecule has 11 heteroatoms. The summed E-state index contributed by atoms with van der Waals surface area (Å²) in [5, 5.41) is 0. The maximum absolute atomic E-state index is 13.0. The molecule has 1 aliphatic heterocycles. The number of hydrogen-bond donors (Lipinski definition) is 0. The molecule has 2 aromatic rings. The number of ether oxygens (including phenoxy) is 1. The monoisotopic (exact) mass is 495 g/mol. The molecule has 3 rings (SSSR count). The molecule has 1 saturated heterocycles. The predicted molar refractivity (Wildman–Crippen MR) is 126 cm³/mol. The molecule has 1 fully saturated rings. The van der Waals surface area contributed by atoms with E-state index in [1.807, 2.05) is 6.92 Å². The summed E-state index contributed by atoms with van der Waals surface area (Å²) in [5.41, 5.74) is 0.486. The van der Waals surface area contributed by atoms with Gasteiger partial charge in [0.05, 0.1) is 16.8 Å². The van der Waals surface area contributed by atoms with Crippen LogP contribution in [0.1, 0.15) is 13.3 Å². The average molecular weight is 496 g/mol. The van der Waals surface area contributed by atoms with E-state index in [0.29, 0.717) is 17.9 Å². The standard InChI is InChI=1S/C22H29N3O6S2/c1-4-21(31-19-12-10-18(11-13-19)23(2)32(3,27)28)22(26)24-14-16-25(17-15-24)33(29,30)20-8-6-5-7-9-20/h5-13,21H,4,14-17H2,1-3H3/t21-/m1/s1. The van der Waals surface area contributed by atoms with Crippen LogP contribution < -0.4 is 9.04 Å². The Kier molecular flexibility index (Phi) is 7.65. The van der Waals surface area contributed by atoms with Crippen molar-refractivity contribution in [3.05, 3.63) is 54.6 Å². The third-order valence-corrected chi connectivity index (χ3v) is 8.67. The zero-order chi connectivity index (χ0) is 24.2. The normalized spacial score (nSPS) is 16.3. The maximum Gasteiger partial charge on any atom is 0.263 e. The van der Waals surface area contributed by atoms with Gasteiger partial charge in [-0.1, -0.05) is 25.1 Å². The number of carbonyl (C=O) groups excluding carboxylic acids is 1. The molecular weight excluding hydrogens is 466 g/mol. The van der Waals surface area contributed by atoms with Crippen molar-refractivity contribution >= 4 is 31.6 Å². The Hall–Kier alpha value is -2.63. The van der Waals surface area contributed by atoms with E-state index in [2.05, 4.69) is 0 Å². The minimum absolute atomic E-state index is 0.202. The third kappa shape index (κ3) is 5.84. The van der Waals surface area contributed by atoms with Gasteiger partial charge in [-0.25, -0.2) is 16.8 Å². The molecule has 1 amide bonds. The van der Waals surface area contributed by atoms with Crippen LogP contribution in [0.3, 0.4) is 0 Å². The van der Waals surface area contributed by atoms with E-state index in [9.17, 15) is 21.6 Å². The molecule has 9 nitrogen and oxygen atoms in total. The van der Waals surface area contributed by atoms with Gasteiger partial charge >= 0.3 is 0 Å². The van der Waals surface area contributed by atoms with E-state index >= 15 is 0 Å². The summed E-state index contributed by atoms with van der Waals surface area (Å²) >= 11 is 0. The summed E-state index contributed by atoms with van der Waals surface area (Å²) < 4.78 is 57.3. The maximum atomic E-state index is 13.0. The van der Waals surface area contributed by atoms with Crippen LogP contribution in [0.25, 0.3) is 0 Å². The molecular formula is C22H29N3O6S2. The van der Waals surface area contributed by atoms with Crippen LogP contribution in [0.2, 0.25) is 0 Å². The van der Waals surface area contributed by atoms with Gasteiger partial charge in [0.25, 0.3) is 5.91 Å². The number of anilines is 1. The van der Waals surface area contributed by atoms with Crippen LogP contribution in [-0.4, -0.2) is 77.5 Å². The molecule has 0 bridgehead atoms. The Morgan fingerprint density at radius 1 is 0.970 bits per heavy atom. The van der Waals surface area contributed by atoms with Gasteiger partial charge in [0.15, 0.2) is 6.10 Å². The van der Waals surface area contributed by atoms with Crippen LogP contribution in [-0.2, 0) is 24.8 Å². The van der Waals surface area contributed by atoms with Crippen molar-refractivity contribution in [2.75, 3.05) is 43.8 Å². The SMILES string of the molecule is CC[C@@H](Oc1ccc(N(C)S(C)(=O)=O)cc1)C(=O)N1CCN(S(=O)(=O)c2ccccc2)CC1. The molecule has 1 heterocycles. The van der Waals surface area contributed by atoms with Crippen LogP contribution >= 0.6 is 0 Å². The number of sulfonamides is 2. The molecule has 0 spiro atoms. The van der Waals surface area contributed by atoms with E-state index in [0.717, 1.165) is 10.6 Å². The second-order valence-corrected chi connectivity index (χ2v) is 11.7. The van der Waals surface area contributed by atoms with Crippen LogP contribution in [0, 0.1) is 0 Å². The zero-order valence-corrected chi connectivity index (χ0v) is 20.5. The van der Waals surface area contributed by atoms with E-state index in [1.54, 1.807) is 59.5 Å². The number of piperazine rings is 1. The van der Waals surface area contributed by atoms with Crippen molar-refractivity contribution in [3.63, 3.8) is 0 Å². The first kappa shape index (κ1) is 25.0. The summed E-state index contributed by atoms with van der Waals surface area (Å²) in [7, 11) is -5.50. The quantitative estimate of drug-likeness (QED) is 0.553. The number of amides is 1. The van der Waals surface area contributed by atoms with Crippen molar-refractivity contribution in [1.29, 1.82) is 0 Å². The summed E-state index contributed by atoms with van der Waals surface area (Å²) in [5.74, 6) is 0.248. The molecule has 0 aliphatic carbocycles. The smallest absolute Gasteiger partial charge is 0.263 e. The Morgan fingerprint density at radius 3 is 2.06 bits per heavy atom. The lowest BCUT2D eigenvalue weighted by Crippen LogP contribution is -2.53. The molecule has 180 valence electrons. The molecule has 0 aromatic heterocycles. The van der Waals surface area contributed by atoms with Gasteiger partial charge < -0.3 is 9.64 Å². The van der Waals surface area contributed by atoms with Crippen molar-refractivity contribution in [2.24, 2.45) is 0 Å². The first-order valence-electron chi connectivity index (χ1n) is 10.6. The lowest BCUT2D eigenvalue weighted by molar-refractivity contribution is -0.140. The Balaban J connectivity index is 1.61. The summed E-state index contributed by atoms with van der Waals surface area (Å²) in [6.45, 7) is 2.83. The van der Waals surface area contributed by atoms with Gasteiger partial charge in [0, 0.05) is 33.2 Å². The van der Waals surface area contributed by atoms with Crippen molar-refractivity contribution < 1.29 is 26.4 Å². The third-order valence-electron chi connectivity index (χ3n) is 5.55. The zero-order valence-electron chi connectivity index (χ0n) is 18.9. The Labute approximate surface area is 195 Å². The van der Waals surface area contributed by atoms with Gasteiger partial charge in [-0.3, -0.25) is 9.10 Å². The number of carbonyl (C=O) groups is 1. The molecule has 1 atom stereocenters. The largest absolute Gasteiger partial charge is 0.481 e. The Morgan fingerprint density at radius 2 is 1.55 bits per heavy atom. The fourth-order valence-corrected chi connectivity index (χ4v) is 5.44. The van der Waals surface area contributed by atoms with Crippen LogP contribution in [0.15, 0.2) is 59.5 Å². The van der Waals surface area contributed by atoms with Gasteiger partial charge in [-0.2, -0.15) is 4.31 Å². The predicted octanol–water partition coefficient (Wildman–Crippen LogP) is 1.77. The van der Waals surface area contributed by atoms with E-state index in [-0.39, 0.29) is 37.0 Å². The second kappa shape index (κ2) is 10.1. The Bertz CT molecular complexity index is 1160. The van der Waals surface area contributed by atoms with Crippen LogP contribution in [0.4, 0.5) is 5.69 Å². The highest BCUT2D eigenvalue weighted by Gasteiger charge is 2.32. The molecule has 1 aliphatic rings. The fourth-order valence-electron chi connectivity index (χ4n) is 3.49. The number of rotatable bonds is 8. The highest BCUT2D eigenvalue weighted by Crippen LogP contribution is 2.23. The summed E-state index contributed by atoms with van der Waals surface area (Å²) in [6, 6.07) is 14.7. The van der Waals surface area contributed by atoms with E-state index in [1.165, 1.54) is 11.4 Å². The number of benzene rings is 2. The minimum atomic E-state index is -3.59. The van der Waals surface area contributed by atoms with Crippen LogP contribution in [0.5, 0.6) is 5.75 Å². The number of nitrogens with zero attached hydrogens (tertiary/aromatic N) is 3. The highest BCUT2D eigenvalue weighted by atomic mass is 32.2. The average Bonchev–Trinajstić information content (AvgIpc) is 2.82. The second-order valence-electron chi connectivity index (χ2n) is 7.78. The van der Waals surface area contributed by atoms with Crippen molar-refractivity contribution in [2.45, 2.75) is 24.3 Å². The molecule has 2 aromatic carbocycles. The molecule has 0 saturated carbocycles. The molecule has 0 N–H and O–H groups in total. The number of hydrogen-bond acceptors (Lipinski definition) is 6. The summed E-state index contributed by atoms with van der Waals surface area (Å²) in [6.07, 6.45) is 0.834. The fraction of sp³-hybridized carbons (Fsp3) is 0.409. The minimum Gasteiger partial charge on any atom is -0.481 e. The van der Waals surface area contributed by atoms with Gasteiger partial charge in [-0.15, -0.1) is 0 Å². The first-order chi connectivity index (χ1) is 15.5. The van der Waals surface area contributed by atoms with Gasteiger partial charge in [-0.05, 0) is 42.8 Å². The van der Waals surface area contributed by atoms with E-state index < -0.39 is 26.2 Å². The highest BCUT2D eigenvalue weighted by molar-refractivity contribution is 7.92. The van der Waals surface area contributed by atoms with Gasteiger partial charge in [0.2, 0.25) is 20.0 Å². The molecule has 33 heavy (non-hydrogen) atoms. The van der Waals surface area contributed by atoms with E-state index in [4.69, 9.17) is 4.74 Å². The van der Waals surface area contributed by atoms with Gasteiger partial charge in [0.1, 0.15) is 5.75 Å². The topological polar surface area (TPSA) is 104 Å². The molecule has 0 unspecified atom stereocenters. The first-order valence-corrected chi connectivity index (χ1v) is 13.9. The lowest BCUT2D eigenvalue weighted by Gasteiger charge is -2.35.